The van der Waals surface area contributed by atoms with Crippen LogP contribution in [0.3, 0.4) is 0 Å². The maximum atomic E-state index is 13.3. The fourth-order valence-corrected chi connectivity index (χ4v) is 4.92. The van der Waals surface area contributed by atoms with E-state index in [2.05, 4.69) is 5.32 Å². The van der Waals surface area contributed by atoms with Crippen LogP contribution in [0.4, 0.5) is 0 Å². The van der Waals surface area contributed by atoms with Gasteiger partial charge in [0.15, 0.2) is 11.5 Å². The molecule has 3 aromatic carbocycles. The van der Waals surface area contributed by atoms with Gasteiger partial charge in [0.25, 0.3) is 0 Å². The van der Waals surface area contributed by atoms with E-state index in [0.717, 1.165) is 22.3 Å². The topological polar surface area (TPSA) is 97.4 Å². The Morgan fingerprint density at radius 2 is 1.51 bits per heavy atom. The largest absolute Gasteiger partial charge is 0.493 e. The van der Waals surface area contributed by atoms with Gasteiger partial charge in [-0.25, -0.2) is 0 Å². The van der Waals surface area contributed by atoms with Gasteiger partial charge in [0, 0.05) is 25.0 Å². The third kappa shape index (κ3) is 7.10. The lowest BCUT2D eigenvalue weighted by atomic mass is 9.98. The van der Waals surface area contributed by atoms with Crippen LogP contribution in [-0.2, 0) is 27.2 Å². The van der Waals surface area contributed by atoms with Crippen molar-refractivity contribution in [3.63, 3.8) is 0 Å². The van der Waals surface area contributed by atoms with Crippen molar-refractivity contribution in [2.24, 2.45) is 0 Å². The first kappa shape index (κ1) is 29.7. The van der Waals surface area contributed by atoms with E-state index in [1.54, 1.807) is 40.5 Å². The maximum absolute atomic E-state index is 13.3. The summed E-state index contributed by atoms with van der Waals surface area (Å²) >= 11 is 5.91. The zero-order chi connectivity index (χ0) is 29.5. The van der Waals surface area contributed by atoms with E-state index in [0.29, 0.717) is 41.7 Å². The molecule has 0 saturated carbocycles. The molecular weight excluding hydrogens is 546 g/mol. The van der Waals surface area contributed by atoms with Gasteiger partial charge in [0.2, 0.25) is 23.5 Å². The normalized spacial score (nSPS) is 15.1. The summed E-state index contributed by atoms with van der Waals surface area (Å²) < 4.78 is 16.3. The number of ether oxygens (including phenoxy) is 3. The highest BCUT2D eigenvalue weighted by Crippen LogP contribution is 2.41. The Hall–Kier alpha value is -4.24. The van der Waals surface area contributed by atoms with Crippen molar-refractivity contribution in [3.05, 3.63) is 76.8 Å². The smallest absolute Gasteiger partial charge is 0.246 e. The van der Waals surface area contributed by atoms with Crippen molar-refractivity contribution in [3.8, 4) is 28.4 Å². The molecular formula is C31H34ClN3O6. The number of nitrogens with zero attached hydrogens (tertiary/aromatic N) is 2. The summed E-state index contributed by atoms with van der Waals surface area (Å²) in [5.74, 6) is 0.837. The third-order valence-electron chi connectivity index (χ3n) is 7.15. The van der Waals surface area contributed by atoms with E-state index < -0.39 is 6.04 Å². The minimum atomic E-state index is -0.704. The number of hydrogen-bond acceptors (Lipinski definition) is 6. The van der Waals surface area contributed by atoms with E-state index in [4.69, 9.17) is 25.8 Å². The molecule has 1 atom stereocenters. The molecule has 9 nitrogen and oxygen atoms in total. The lowest BCUT2D eigenvalue weighted by Gasteiger charge is -2.38. The lowest BCUT2D eigenvalue weighted by molar-refractivity contribution is -0.155. The standard InChI is InChI=1S/C31H34ClN3O6/c1-34-25(15-21-5-9-22(10-6-21)23-16-26(39-2)30(41-4)27(17-23)40-3)31(38)35(19-29(34)37)18-28(36)33-14-13-20-7-11-24(32)12-8-20/h5-12,16-17,25H,13-15,18-19H2,1-4H3,(H,33,36). The number of nitrogens with one attached hydrogen (secondary N) is 1. The summed E-state index contributed by atoms with van der Waals surface area (Å²) in [5.41, 5.74) is 3.72. The van der Waals surface area contributed by atoms with Crippen molar-refractivity contribution in [1.29, 1.82) is 0 Å². The minimum Gasteiger partial charge on any atom is -0.493 e. The van der Waals surface area contributed by atoms with Crippen LogP contribution >= 0.6 is 11.6 Å². The predicted octanol–water partition coefficient (Wildman–Crippen LogP) is 3.60. The van der Waals surface area contributed by atoms with E-state index in [9.17, 15) is 14.4 Å². The zero-order valence-corrected chi connectivity index (χ0v) is 24.4. The van der Waals surface area contributed by atoms with Crippen molar-refractivity contribution >= 4 is 29.3 Å². The highest BCUT2D eigenvalue weighted by atomic mass is 35.5. The van der Waals surface area contributed by atoms with Crippen LogP contribution in [0.5, 0.6) is 17.2 Å². The molecule has 0 aromatic heterocycles. The minimum absolute atomic E-state index is 0.128. The molecule has 3 aromatic rings. The van der Waals surface area contributed by atoms with Gasteiger partial charge in [-0.05, 0) is 52.9 Å². The molecule has 1 heterocycles. The summed E-state index contributed by atoms with van der Waals surface area (Å²) in [6.07, 6.45) is 0.957. The molecule has 1 unspecified atom stereocenters. The predicted molar refractivity (Wildman–Crippen MR) is 157 cm³/mol. The third-order valence-corrected chi connectivity index (χ3v) is 7.40. The lowest BCUT2D eigenvalue weighted by Crippen LogP contribution is -2.60. The molecule has 1 saturated heterocycles. The van der Waals surface area contributed by atoms with Crippen molar-refractivity contribution in [2.75, 3.05) is 48.0 Å². The van der Waals surface area contributed by atoms with Crippen LogP contribution < -0.4 is 19.5 Å². The van der Waals surface area contributed by atoms with E-state index in [1.165, 1.54) is 9.80 Å². The summed E-state index contributed by atoms with van der Waals surface area (Å²) in [6.45, 7) is 0.115. The van der Waals surface area contributed by atoms with Crippen LogP contribution in [0, 0.1) is 0 Å². The van der Waals surface area contributed by atoms with Crippen molar-refractivity contribution in [2.45, 2.75) is 18.9 Å². The van der Waals surface area contributed by atoms with Gasteiger partial charge in [0.1, 0.15) is 19.1 Å². The monoisotopic (exact) mass is 579 g/mol. The molecule has 1 fully saturated rings. The number of piperazine rings is 1. The molecule has 3 amide bonds. The molecule has 1 N–H and O–H groups in total. The van der Waals surface area contributed by atoms with Gasteiger partial charge in [-0.3, -0.25) is 14.4 Å². The average Bonchev–Trinajstić information content (AvgIpc) is 2.98. The van der Waals surface area contributed by atoms with Crippen LogP contribution in [0.1, 0.15) is 11.1 Å². The number of methoxy groups -OCH3 is 3. The number of benzene rings is 3. The van der Waals surface area contributed by atoms with Gasteiger partial charge >= 0.3 is 0 Å². The van der Waals surface area contributed by atoms with E-state index >= 15 is 0 Å². The van der Waals surface area contributed by atoms with Gasteiger partial charge in [-0.2, -0.15) is 0 Å². The molecule has 10 heteroatoms. The first-order valence-corrected chi connectivity index (χ1v) is 13.6. The first-order valence-electron chi connectivity index (χ1n) is 13.2. The Kier molecular flexibility index (Phi) is 9.73. The number of carbonyl (C=O) groups is 3. The Morgan fingerprint density at radius 1 is 0.902 bits per heavy atom. The molecule has 1 aliphatic rings. The molecule has 0 bridgehead atoms. The molecule has 0 radical (unpaired) electrons. The Balaban J connectivity index is 1.40. The Labute approximate surface area is 244 Å². The average molecular weight is 580 g/mol. The van der Waals surface area contributed by atoms with Gasteiger partial charge in [-0.1, -0.05) is 48.0 Å². The van der Waals surface area contributed by atoms with Crippen LogP contribution in [0.15, 0.2) is 60.7 Å². The van der Waals surface area contributed by atoms with Gasteiger partial charge in [0.05, 0.1) is 21.3 Å². The molecule has 0 aliphatic carbocycles. The first-order chi connectivity index (χ1) is 19.7. The number of amides is 3. The highest BCUT2D eigenvalue weighted by Gasteiger charge is 2.37. The highest BCUT2D eigenvalue weighted by molar-refractivity contribution is 6.30. The molecule has 4 rings (SSSR count). The molecule has 1 aliphatic heterocycles. The second kappa shape index (κ2) is 13.4. The van der Waals surface area contributed by atoms with E-state index in [1.807, 2.05) is 48.5 Å². The van der Waals surface area contributed by atoms with Crippen LogP contribution in [0.2, 0.25) is 5.02 Å². The fourth-order valence-electron chi connectivity index (χ4n) is 4.79. The Morgan fingerprint density at radius 3 is 2.10 bits per heavy atom. The number of rotatable bonds is 11. The molecule has 41 heavy (non-hydrogen) atoms. The molecule has 0 spiro atoms. The SMILES string of the molecule is COc1cc(-c2ccc(CC3C(=O)N(CC(=O)NCCc4ccc(Cl)cc4)CC(=O)N3C)cc2)cc(OC)c1OC. The second-order valence-electron chi connectivity index (χ2n) is 9.76. The number of carbonyl (C=O) groups excluding carboxylic acids is 3. The quantitative estimate of drug-likeness (QED) is 0.373. The van der Waals surface area contributed by atoms with Crippen LogP contribution in [0.25, 0.3) is 11.1 Å². The van der Waals surface area contributed by atoms with Gasteiger partial charge in [-0.15, -0.1) is 0 Å². The summed E-state index contributed by atoms with van der Waals surface area (Å²) in [7, 11) is 6.31. The summed E-state index contributed by atoms with van der Waals surface area (Å²) in [5, 5.41) is 3.49. The van der Waals surface area contributed by atoms with Crippen molar-refractivity contribution in [1.82, 2.24) is 15.1 Å². The number of halogens is 1. The Bertz CT molecular complexity index is 1370. The fraction of sp³-hybridized carbons (Fsp3) is 0.323. The van der Waals surface area contributed by atoms with Crippen LogP contribution in [-0.4, -0.2) is 81.6 Å². The van der Waals surface area contributed by atoms with Gasteiger partial charge < -0.3 is 29.3 Å². The second-order valence-corrected chi connectivity index (χ2v) is 10.2. The summed E-state index contributed by atoms with van der Waals surface area (Å²) in [6, 6.07) is 18.2. The summed E-state index contributed by atoms with van der Waals surface area (Å²) in [4.78, 5) is 41.4. The van der Waals surface area contributed by atoms with Crippen molar-refractivity contribution < 1.29 is 28.6 Å². The number of likely N-dealkylation sites (N-methyl/N-ethyl adjacent to an activating group) is 1. The number of hydrogen-bond donors (Lipinski definition) is 1. The molecule has 216 valence electrons. The maximum Gasteiger partial charge on any atom is 0.246 e. The van der Waals surface area contributed by atoms with E-state index in [-0.39, 0.29) is 30.8 Å². The zero-order valence-electron chi connectivity index (χ0n) is 23.6.